The van der Waals surface area contributed by atoms with Gasteiger partial charge in [0.05, 0.1) is 31.9 Å². The highest BCUT2D eigenvalue weighted by molar-refractivity contribution is 6.37. The summed E-state index contributed by atoms with van der Waals surface area (Å²) < 4.78 is 103. The van der Waals surface area contributed by atoms with Gasteiger partial charge in [0.1, 0.15) is 58.3 Å². The van der Waals surface area contributed by atoms with E-state index >= 15 is 8.78 Å². The van der Waals surface area contributed by atoms with Crippen LogP contribution in [0.4, 0.5) is 42.4 Å². The molecule has 0 bridgehead atoms. The minimum atomic E-state index is -4.94. The van der Waals surface area contributed by atoms with E-state index in [2.05, 4.69) is 54.4 Å². The molecule has 4 aromatic heterocycles. The number of ether oxygens (including phenoxy) is 1. The molecule has 8 heterocycles. The summed E-state index contributed by atoms with van der Waals surface area (Å²) >= 11 is 12.4. The quantitative estimate of drug-likeness (QED) is 0.0641. The van der Waals surface area contributed by atoms with Gasteiger partial charge in [0, 0.05) is 85.7 Å². The second-order valence-electron chi connectivity index (χ2n) is 18.7. The number of carbonyl (C=O) groups is 4. The maximum Gasteiger partial charge on any atom is 0.471 e. The van der Waals surface area contributed by atoms with Crippen molar-refractivity contribution in [1.82, 2.24) is 39.7 Å². The van der Waals surface area contributed by atoms with Gasteiger partial charge in [0.15, 0.2) is 11.6 Å². The molecule has 4 aromatic carbocycles. The third kappa shape index (κ3) is 9.36. The van der Waals surface area contributed by atoms with Gasteiger partial charge in [-0.25, -0.2) is 47.1 Å². The predicted molar refractivity (Wildman–Crippen MR) is 281 cm³/mol. The molecule has 0 radical (unpaired) electrons. The molecule has 4 fully saturated rings. The molecule has 402 valence electrons. The van der Waals surface area contributed by atoms with Crippen LogP contribution in [-0.4, -0.2) is 120 Å². The highest BCUT2D eigenvalue weighted by Crippen LogP contribution is 2.46. The number of alkyl halides is 3. The number of likely N-dealkylation sites (tertiary alicyclic amines) is 2. The number of rotatable bonds is 7. The number of hydrogen-bond acceptors (Lipinski definition) is 13. The number of nitrogens with zero attached hydrogens (tertiary/aromatic N) is 10. The first-order chi connectivity index (χ1) is 37.7. The molecule has 15 nitrogen and oxygen atoms in total. The van der Waals surface area contributed by atoms with Crippen LogP contribution in [0.2, 0.25) is 10.0 Å². The summed E-state index contributed by atoms with van der Waals surface area (Å²) in [6.07, 6.45) is 4.92. The number of carbonyl (C=O) groups excluding carboxylic acids is 4. The summed E-state index contributed by atoms with van der Waals surface area (Å²) in [6.45, 7) is 11.9. The average Bonchev–Trinajstić information content (AvgIpc) is 3.51. The van der Waals surface area contributed by atoms with Crippen LogP contribution in [0.1, 0.15) is 12.8 Å². The number of amides is 2. The van der Waals surface area contributed by atoms with E-state index in [9.17, 15) is 41.1 Å². The van der Waals surface area contributed by atoms with Crippen molar-refractivity contribution in [3.8, 4) is 22.5 Å². The summed E-state index contributed by atoms with van der Waals surface area (Å²) in [4.78, 5) is 76.0. The van der Waals surface area contributed by atoms with Gasteiger partial charge >= 0.3 is 24.0 Å². The zero-order valence-corrected chi connectivity index (χ0v) is 42.5. The van der Waals surface area contributed by atoms with Crippen molar-refractivity contribution in [2.45, 2.75) is 30.1 Å². The standard InChI is InChI=1S/C25H18ClF2N5O.C24H15ClF5N5O.C6H6O3/c1-2-18(34)33-9-8-25(33)11-32(12-25)24-16-10-29-22(21(28)23(16)30-13-31-24)15-5-3-4-14-6-7-17(27)20(26)19(14)15;25-17-15(26)5-4-12-2-1-3-13(16(12)17)19-18(27)20-14(8-31-19)21(33-11-32-20)34-9-23(10-34)6-7-35(23)22(36)24(28,29)30;1-3-5(7)9-6(8)4-2/h2-7,10,13H,1,8-9,11-12H2;1-5,8,11H,6-7,9-10H2;3-4H,1-2H2. The Morgan fingerprint density at radius 2 is 1.01 bits per heavy atom. The zero-order valence-electron chi connectivity index (χ0n) is 41.0. The van der Waals surface area contributed by atoms with Crippen LogP contribution in [0.15, 0.2) is 124 Å². The third-order valence-corrected chi connectivity index (χ3v) is 15.1. The Balaban J connectivity index is 0.000000155. The molecule has 0 N–H and O–H groups in total. The van der Waals surface area contributed by atoms with E-state index in [1.54, 1.807) is 47.4 Å². The Labute approximate surface area is 453 Å². The van der Waals surface area contributed by atoms with Crippen molar-refractivity contribution in [3.05, 3.63) is 157 Å². The Kier molecular flexibility index (Phi) is 14.0. The maximum atomic E-state index is 15.8. The molecule has 4 saturated heterocycles. The largest absolute Gasteiger partial charge is 0.471 e. The highest BCUT2D eigenvalue weighted by atomic mass is 35.5. The van der Waals surface area contributed by atoms with E-state index in [1.165, 1.54) is 43.0 Å². The van der Waals surface area contributed by atoms with Crippen molar-refractivity contribution in [3.63, 3.8) is 0 Å². The molecular formula is C55H39Cl2F7N10O5. The van der Waals surface area contributed by atoms with Crippen LogP contribution in [0.25, 0.3) is 65.9 Å². The van der Waals surface area contributed by atoms with Crippen LogP contribution in [0.3, 0.4) is 0 Å². The normalized spacial score (nSPS) is 15.7. The number of pyridine rings is 2. The molecule has 4 aliphatic rings. The first-order valence-electron chi connectivity index (χ1n) is 23.9. The number of hydrogen-bond donors (Lipinski definition) is 0. The highest BCUT2D eigenvalue weighted by Gasteiger charge is 2.60. The molecule has 0 unspecified atom stereocenters. The Hall–Kier alpha value is -8.63. The van der Waals surface area contributed by atoms with Crippen LogP contribution < -0.4 is 9.80 Å². The summed E-state index contributed by atoms with van der Waals surface area (Å²) in [5.41, 5.74) is -0.436. The van der Waals surface area contributed by atoms with Gasteiger partial charge in [-0.05, 0) is 41.8 Å². The number of anilines is 2. The Bertz CT molecular complexity index is 3900. The van der Waals surface area contributed by atoms with Gasteiger partial charge in [-0.15, -0.1) is 0 Å². The number of halogens is 9. The third-order valence-electron chi connectivity index (χ3n) is 14.3. The van der Waals surface area contributed by atoms with Gasteiger partial charge in [0.25, 0.3) is 0 Å². The fourth-order valence-electron chi connectivity index (χ4n) is 10.3. The molecule has 24 heteroatoms. The van der Waals surface area contributed by atoms with Crippen LogP contribution in [0, 0.1) is 23.3 Å². The fraction of sp³-hybridized carbons (Fsp3) is 0.200. The molecule has 0 aliphatic carbocycles. The maximum absolute atomic E-state index is 15.8. The lowest BCUT2D eigenvalue weighted by molar-refractivity contribution is -0.202. The lowest BCUT2D eigenvalue weighted by atomic mass is 9.77. The van der Waals surface area contributed by atoms with Gasteiger partial charge in [-0.3, -0.25) is 19.6 Å². The molecule has 0 saturated carbocycles. The molecule has 2 amide bonds. The minimum absolute atomic E-state index is 0.0322. The first kappa shape index (κ1) is 53.8. The van der Waals surface area contributed by atoms with Gasteiger partial charge in [0.2, 0.25) is 5.91 Å². The summed E-state index contributed by atoms with van der Waals surface area (Å²) in [5.74, 6) is -5.23. The molecule has 8 aromatic rings. The van der Waals surface area contributed by atoms with E-state index < -0.39 is 52.8 Å². The topological polar surface area (TPSA) is 168 Å². The number of benzene rings is 4. The van der Waals surface area contributed by atoms with Gasteiger partial charge < -0.3 is 24.3 Å². The predicted octanol–water partition coefficient (Wildman–Crippen LogP) is 10.3. The summed E-state index contributed by atoms with van der Waals surface area (Å²) in [6, 6.07) is 15.8. The van der Waals surface area contributed by atoms with Crippen LogP contribution in [0.5, 0.6) is 0 Å². The smallest absolute Gasteiger partial charge is 0.387 e. The molecule has 0 atom stereocenters. The molecule has 12 rings (SSSR count). The van der Waals surface area contributed by atoms with Crippen LogP contribution >= 0.6 is 23.2 Å². The lowest BCUT2D eigenvalue weighted by Crippen LogP contribution is -2.79. The second kappa shape index (κ2) is 20.6. The van der Waals surface area contributed by atoms with E-state index in [0.717, 1.165) is 29.8 Å². The van der Waals surface area contributed by atoms with Gasteiger partial charge in [-0.1, -0.05) is 91.5 Å². The van der Waals surface area contributed by atoms with Gasteiger partial charge in [-0.2, -0.15) is 13.2 Å². The Morgan fingerprint density at radius 1 is 0.582 bits per heavy atom. The van der Waals surface area contributed by atoms with E-state index in [-0.39, 0.29) is 74.5 Å². The molecule has 2 spiro atoms. The fourth-order valence-corrected chi connectivity index (χ4v) is 10.9. The number of esters is 2. The molecule has 79 heavy (non-hydrogen) atoms. The number of fused-ring (bicyclic) bond motifs is 4. The second-order valence-corrected chi connectivity index (χ2v) is 19.5. The SMILES string of the molecule is C=CC(=O)N1CCC12CN(c1ncnc3c(F)c(-c4cccc5ccc(F)c(Cl)c45)ncc13)C2.C=CC(=O)OC(=O)C=C.O=C(N1CCC12CN(c1ncnc3c(F)c(-c4cccc5ccc(F)c(Cl)c45)ncc13)C2)C(F)(F)F. The summed E-state index contributed by atoms with van der Waals surface area (Å²) in [7, 11) is 0. The monoisotopic (exact) mass is 1120 g/mol. The van der Waals surface area contributed by atoms with E-state index in [4.69, 9.17) is 23.2 Å². The Morgan fingerprint density at radius 3 is 1.39 bits per heavy atom. The van der Waals surface area contributed by atoms with Crippen molar-refractivity contribution in [2.75, 3.05) is 49.1 Å². The van der Waals surface area contributed by atoms with Crippen molar-refractivity contribution in [1.29, 1.82) is 0 Å². The van der Waals surface area contributed by atoms with E-state index in [0.29, 0.717) is 70.2 Å². The summed E-state index contributed by atoms with van der Waals surface area (Å²) in [5, 5.41) is 2.48. The first-order valence-corrected chi connectivity index (χ1v) is 24.7. The average molecular weight is 1120 g/mol. The number of aromatic nitrogens is 6. The van der Waals surface area contributed by atoms with Crippen molar-refractivity contribution < 1.29 is 54.6 Å². The molecule has 4 aliphatic heterocycles. The van der Waals surface area contributed by atoms with Crippen molar-refractivity contribution >= 4 is 102 Å². The van der Waals surface area contributed by atoms with Crippen LogP contribution in [-0.2, 0) is 23.9 Å². The molecular weight excluding hydrogens is 1080 g/mol. The van der Waals surface area contributed by atoms with Crippen molar-refractivity contribution in [2.24, 2.45) is 0 Å². The lowest BCUT2D eigenvalue weighted by Gasteiger charge is -2.62. The zero-order chi connectivity index (χ0) is 56.3. The van der Waals surface area contributed by atoms with E-state index in [1.807, 2.05) is 9.80 Å². The minimum Gasteiger partial charge on any atom is -0.387 e.